The fourth-order valence-corrected chi connectivity index (χ4v) is 4.39. The van der Waals surface area contributed by atoms with Crippen molar-refractivity contribution < 1.29 is 9.47 Å². The highest BCUT2D eigenvalue weighted by Gasteiger charge is 2.25. The van der Waals surface area contributed by atoms with E-state index in [0.717, 1.165) is 37.7 Å². The number of fused-ring (bicyclic) bond motifs is 1. The molecule has 0 bridgehead atoms. The maximum Gasteiger partial charge on any atom is 0.162 e. The predicted octanol–water partition coefficient (Wildman–Crippen LogP) is 3.46. The van der Waals surface area contributed by atoms with Gasteiger partial charge in [-0.05, 0) is 43.5 Å². The number of rotatable bonds is 3. The number of thioether (sulfide) groups is 1. The molecule has 2 N–H and O–H groups in total. The Morgan fingerprint density at radius 2 is 1.85 bits per heavy atom. The minimum absolute atomic E-state index is 0.651. The Morgan fingerprint density at radius 3 is 2.70 bits per heavy atom. The summed E-state index contributed by atoms with van der Waals surface area (Å²) >= 11 is 1.96. The van der Waals surface area contributed by atoms with Gasteiger partial charge in [0.15, 0.2) is 11.5 Å². The molecule has 2 unspecified atom stereocenters. The largest absolute Gasteiger partial charge is 0.490 e. The molecule has 0 amide bonds. The van der Waals surface area contributed by atoms with Gasteiger partial charge in [-0.15, -0.1) is 11.8 Å². The van der Waals surface area contributed by atoms with E-state index in [-0.39, 0.29) is 0 Å². The molecule has 3 rings (SSSR count). The van der Waals surface area contributed by atoms with Gasteiger partial charge >= 0.3 is 0 Å². The van der Waals surface area contributed by atoms with Crippen LogP contribution in [0.25, 0.3) is 0 Å². The van der Waals surface area contributed by atoms with Crippen molar-refractivity contribution in [2.24, 2.45) is 11.7 Å². The molecule has 1 fully saturated rings. The summed E-state index contributed by atoms with van der Waals surface area (Å²) in [6.45, 7) is 2.30. The quantitative estimate of drug-likeness (QED) is 0.927. The minimum atomic E-state index is 0.651. The molecule has 3 nitrogen and oxygen atoms in total. The van der Waals surface area contributed by atoms with Crippen molar-refractivity contribution in [3.05, 3.63) is 18.2 Å². The fraction of sp³-hybridized carbons (Fsp3) is 0.625. The molecule has 1 aromatic carbocycles. The van der Waals surface area contributed by atoms with Gasteiger partial charge < -0.3 is 15.2 Å². The van der Waals surface area contributed by atoms with Crippen LogP contribution in [0.4, 0.5) is 0 Å². The lowest BCUT2D eigenvalue weighted by atomic mass is 9.89. The van der Waals surface area contributed by atoms with Crippen molar-refractivity contribution >= 4 is 11.8 Å². The Hall–Kier alpha value is -0.870. The molecule has 0 radical (unpaired) electrons. The maximum absolute atomic E-state index is 5.92. The smallest absolute Gasteiger partial charge is 0.162 e. The predicted molar refractivity (Wildman–Crippen MR) is 82.7 cm³/mol. The molecule has 0 aromatic heterocycles. The van der Waals surface area contributed by atoms with Crippen LogP contribution in [0.2, 0.25) is 0 Å². The SMILES string of the molecule is NCC1CCCCC1Sc1ccc2c(c1)OCCCO2. The lowest BCUT2D eigenvalue weighted by molar-refractivity contribution is 0.297. The van der Waals surface area contributed by atoms with Gasteiger partial charge in [-0.25, -0.2) is 0 Å². The van der Waals surface area contributed by atoms with Crippen LogP contribution in [0, 0.1) is 5.92 Å². The third kappa shape index (κ3) is 3.23. The van der Waals surface area contributed by atoms with Crippen LogP contribution in [-0.2, 0) is 0 Å². The zero-order valence-corrected chi connectivity index (χ0v) is 12.7. The molecule has 0 spiro atoms. The summed E-state index contributed by atoms with van der Waals surface area (Å²) in [6.07, 6.45) is 6.17. The fourth-order valence-electron chi connectivity index (χ4n) is 2.99. The van der Waals surface area contributed by atoms with Crippen molar-refractivity contribution in [2.75, 3.05) is 19.8 Å². The van der Waals surface area contributed by atoms with Gasteiger partial charge in [-0.3, -0.25) is 0 Å². The zero-order valence-electron chi connectivity index (χ0n) is 11.8. The molecular weight excluding hydrogens is 270 g/mol. The van der Waals surface area contributed by atoms with Crippen molar-refractivity contribution in [2.45, 2.75) is 42.2 Å². The monoisotopic (exact) mass is 293 g/mol. The Morgan fingerprint density at radius 1 is 1.05 bits per heavy atom. The Labute approximate surface area is 125 Å². The first-order valence-electron chi connectivity index (χ1n) is 7.63. The molecular formula is C16H23NO2S. The first kappa shape index (κ1) is 14.1. The van der Waals surface area contributed by atoms with E-state index in [4.69, 9.17) is 15.2 Å². The average molecular weight is 293 g/mol. The van der Waals surface area contributed by atoms with Gasteiger partial charge in [-0.1, -0.05) is 12.8 Å². The highest BCUT2D eigenvalue weighted by molar-refractivity contribution is 8.00. The van der Waals surface area contributed by atoms with E-state index < -0.39 is 0 Å². The van der Waals surface area contributed by atoms with E-state index >= 15 is 0 Å². The second kappa shape index (κ2) is 6.72. The second-order valence-corrected chi connectivity index (χ2v) is 6.91. The summed E-state index contributed by atoms with van der Waals surface area (Å²) in [5, 5.41) is 0.651. The molecule has 20 heavy (non-hydrogen) atoms. The lowest BCUT2D eigenvalue weighted by Crippen LogP contribution is -2.28. The Kier molecular flexibility index (Phi) is 4.73. The van der Waals surface area contributed by atoms with Gasteiger partial charge in [0.1, 0.15) is 0 Å². The Bertz CT molecular complexity index is 452. The number of ether oxygens (including phenoxy) is 2. The third-order valence-electron chi connectivity index (χ3n) is 4.15. The highest BCUT2D eigenvalue weighted by atomic mass is 32.2. The number of hydrogen-bond acceptors (Lipinski definition) is 4. The van der Waals surface area contributed by atoms with E-state index in [2.05, 4.69) is 12.1 Å². The van der Waals surface area contributed by atoms with Crippen LogP contribution in [0.3, 0.4) is 0 Å². The molecule has 4 heteroatoms. The van der Waals surface area contributed by atoms with Gasteiger partial charge in [0.05, 0.1) is 13.2 Å². The summed E-state index contributed by atoms with van der Waals surface area (Å²) in [6, 6.07) is 6.33. The van der Waals surface area contributed by atoms with Crippen LogP contribution < -0.4 is 15.2 Å². The number of nitrogens with two attached hydrogens (primary N) is 1. The summed E-state index contributed by atoms with van der Waals surface area (Å²) in [5.74, 6) is 2.43. The van der Waals surface area contributed by atoms with Crippen molar-refractivity contribution in [1.29, 1.82) is 0 Å². The summed E-state index contributed by atoms with van der Waals surface area (Å²) in [7, 11) is 0. The van der Waals surface area contributed by atoms with Crippen LogP contribution in [0.5, 0.6) is 11.5 Å². The van der Waals surface area contributed by atoms with Crippen LogP contribution in [0.1, 0.15) is 32.1 Å². The first-order chi connectivity index (χ1) is 9.86. The third-order valence-corrected chi connectivity index (χ3v) is 5.60. The summed E-state index contributed by atoms with van der Waals surface area (Å²) in [5.41, 5.74) is 5.92. The molecule has 1 aliphatic heterocycles. The van der Waals surface area contributed by atoms with Crippen LogP contribution in [0.15, 0.2) is 23.1 Å². The molecule has 1 aromatic rings. The lowest BCUT2D eigenvalue weighted by Gasteiger charge is -2.30. The standard InChI is InChI=1S/C16H23NO2S/c17-11-12-4-1-2-5-16(12)20-13-6-7-14-15(10-13)19-9-3-8-18-14/h6-7,10,12,16H,1-5,8-9,11,17H2. The van der Waals surface area contributed by atoms with Crippen molar-refractivity contribution in [3.63, 3.8) is 0 Å². The highest BCUT2D eigenvalue weighted by Crippen LogP contribution is 2.40. The van der Waals surface area contributed by atoms with E-state index in [1.165, 1.54) is 30.6 Å². The van der Waals surface area contributed by atoms with Gasteiger partial charge in [-0.2, -0.15) is 0 Å². The first-order valence-corrected chi connectivity index (χ1v) is 8.51. The van der Waals surface area contributed by atoms with Crippen molar-refractivity contribution in [1.82, 2.24) is 0 Å². The minimum Gasteiger partial charge on any atom is -0.490 e. The molecule has 0 saturated heterocycles. The van der Waals surface area contributed by atoms with Crippen molar-refractivity contribution in [3.8, 4) is 11.5 Å². The maximum atomic E-state index is 5.92. The normalized spacial score (nSPS) is 26.1. The molecule has 1 aliphatic carbocycles. The molecule has 110 valence electrons. The summed E-state index contributed by atoms with van der Waals surface area (Å²) < 4.78 is 11.4. The van der Waals surface area contributed by atoms with Gasteiger partial charge in [0.25, 0.3) is 0 Å². The number of hydrogen-bond donors (Lipinski definition) is 1. The average Bonchev–Trinajstić information content (AvgIpc) is 2.72. The molecule has 1 heterocycles. The van der Waals surface area contributed by atoms with Crippen LogP contribution in [-0.4, -0.2) is 25.0 Å². The topological polar surface area (TPSA) is 44.5 Å². The Balaban J connectivity index is 1.72. The zero-order chi connectivity index (χ0) is 13.8. The van der Waals surface area contributed by atoms with Crippen LogP contribution >= 0.6 is 11.8 Å². The van der Waals surface area contributed by atoms with E-state index in [0.29, 0.717) is 11.2 Å². The van der Waals surface area contributed by atoms with E-state index in [1.807, 2.05) is 17.8 Å². The number of benzene rings is 1. The second-order valence-electron chi connectivity index (χ2n) is 5.60. The molecule has 2 aliphatic rings. The van der Waals surface area contributed by atoms with Gasteiger partial charge in [0.2, 0.25) is 0 Å². The summed E-state index contributed by atoms with van der Waals surface area (Å²) in [4.78, 5) is 1.28. The van der Waals surface area contributed by atoms with E-state index in [9.17, 15) is 0 Å². The molecule has 2 atom stereocenters. The van der Waals surface area contributed by atoms with Gasteiger partial charge in [0, 0.05) is 16.6 Å². The van der Waals surface area contributed by atoms with E-state index in [1.54, 1.807) is 0 Å². The molecule has 1 saturated carbocycles.